The van der Waals surface area contributed by atoms with Gasteiger partial charge in [-0.1, -0.05) is 30.7 Å². The minimum absolute atomic E-state index is 0.00658. The number of hydrogen-bond donors (Lipinski definition) is 2. The summed E-state index contributed by atoms with van der Waals surface area (Å²) in [6.07, 6.45) is 5.80. The van der Waals surface area contributed by atoms with Crippen molar-refractivity contribution in [3.05, 3.63) is 59.0 Å². The van der Waals surface area contributed by atoms with Gasteiger partial charge in [0, 0.05) is 5.56 Å². The van der Waals surface area contributed by atoms with Gasteiger partial charge in [-0.25, -0.2) is 5.43 Å². The van der Waals surface area contributed by atoms with E-state index in [1.807, 2.05) is 13.0 Å². The van der Waals surface area contributed by atoms with Crippen molar-refractivity contribution in [2.75, 3.05) is 0 Å². The molecule has 0 spiro atoms. The molecule has 1 atom stereocenters. The first-order valence-corrected chi connectivity index (χ1v) is 6.89. The van der Waals surface area contributed by atoms with Crippen LogP contribution in [0.15, 0.2) is 41.0 Å². The van der Waals surface area contributed by atoms with Gasteiger partial charge in [-0.05, 0) is 42.9 Å². The lowest BCUT2D eigenvalue weighted by Crippen LogP contribution is -2.28. The van der Waals surface area contributed by atoms with Gasteiger partial charge in [-0.3, -0.25) is 5.84 Å². The van der Waals surface area contributed by atoms with Crippen LogP contribution in [0.5, 0.6) is 0 Å². The molecule has 100 valence electrons. The summed E-state index contributed by atoms with van der Waals surface area (Å²) in [7, 11) is 0. The van der Waals surface area contributed by atoms with Gasteiger partial charge in [-0.15, -0.1) is 0 Å². The molecular formula is C16H20N2O. The van der Waals surface area contributed by atoms with Crippen LogP contribution in [0.1, 0.15) is 53.7 Å². The molecule has 2 aromatic rings. The summed E-state index contributed by atoms with van der Waals surface area (Å²) < 4.78 is 5.36. The predicted molar refractivity (Wildman–Crippen MR) is 75.6 cm³/mol. The average molecular weight is 256 g/mol. The quantitative estimate of drug-likeness (QED) is 0.651. The van der Waals surface area contributed by atoms with Gasteiger partial charge in [0.2, 0.25) is 0 Å². The van der Waals surface area contributed by atoms with E-state index >= 15 is 0 Å². The molecule has 1 aliphatic rings. The van der Waals surface area contributed by atoms with E-state index < -0.39 is 0 Å². The first-order valence-electron chi connectivity index (χ1n) is 6.89. The van der Waals surface area contributed by atoms with Crippen LogP contribution in [0.25, 0.3) is 0 Å². The monoisotopic (exact) mass is 256 g/mol. The third kappa shape index (κ3) is 2.44. The van der Waals surface area contributed by atoms with Crippen molar-refractivity contribution < 1.29 is 4.42 Å². The first kappa shape index (κ1) is 12.5. The summed E-state index contributed by atoms with van der Waals surface area (Å²) >= 11 is 0. The molecule has 1 aliphatic carbocycles. The van der Waals surface area contributed by atoms with Gasteiger partial charge < -0.3 is 4.42 Å². The summed E-state index contributed by atoms with van der Waals surface area (Å²) in [6.45, 7) is 1.94. The summed E-state index contributed by atoms with van der Waals surface area (Å²) in [5.41, 5.74) is 6.56. The summed E-state index contributed by atoms with van der Waals surface area (Å²) in [6, 6.07) is 10.8. The van der Waals surface area contributed by atoms with Crippen molar-refractivity contribution >= 4 is 0 Å². The van der Waals surface area contributed by atoms with Crippen LogP contribution < -0.4 is 11.3 Å². The predicted octanol–water partition coefficient (Wildman–Crippen LogP) is 3.41. The number of aryl methyl sites for hydroxylation is 1. The minimum Gasteiger partial charge on any atom is -0.469 e. The molecule has 3 heteroatoms. The van der Waals surface area contributed by atoms with Crippen molar-refractivity contribution in [1.82, 2.24) is 5.43 Å². The van der Waals surface area contributed by atoms with Crippen LogP contribution in [0.2, 0.25) is 0 Å². The second kappa shape index (κ2) is 5.19. The number of furan rings is 1. The number of nitrogens with two attached hydrogens (primary N) is 1. The maximum Gasteiger partial charge on any atom is 0.101 e. The van der Waals surface area contributed by atoms with Gasteiger partial charge in [-0.2, -0.15) is 0 Å². The molecule has 1 aromatic carbocycles. The van der Waals surface area contributed by atoms with E-state index in [4.69, 9.17) is 10.3 Å². The highest BCUT2D eigenvalue weighted by Crippen LogP contribution is 2.36. The lowest BCUT2D eigenvalue weighted by atomic mass is 9.80. The second-order valence-electron chi connectivity index (χ2n) is 5.38. The maximum absolute atomic E-state index is 5.69. The Hall–Kier alpha value is -1.58. The normalized spacial score (nSPS) is 17.2. The van der Waals surface area contributed by atoms with Crippen LogP contribution in [0.3, 0.4) is 0 Å². The van der Waals surface area contributed by atoms with Gasteiger partial charge in [0.1, 0.15) is 5.76 Å². The molecule has 3 nitrogen and oxygen atoms in total. The summed E-state index contributed by atoms with van der Waals surface area (Å²) in [5.74, 6) is 7.37. The zero-order valence-electron chi connectivity index (χ0n) is 11.2. The van der Waals surface area contributed by atoms with E-state index in [0.29, 0.717) is 0 Å². The van der Waals surface area contributed by atoms with Gasteiger partial charge in [0.05, 0.1) is 12.3 Å². The fourth-order valence-electron chi connectivity index (χ4n) is 2.70. The van der Waals surface area contributed by atoms with Crippen molar-refractivity contribution in [1.29, 1.82) is 0 Å². The highest BCUT2D eigenvalue weighted by atomic mass is 16.3. The molecule has 0 bridgehead atoms. The molecule has 3 rings (SSSR count). The Morgan fingerprint density at radius 3 is 2.42 bits per heavy atom. The van der Waals surface area contributed by atoms with Gasteiger partial charge in [0.15, 0.2) is 0 Å². The SMILES string of the molecule is Cc1cc(C(NN)c2ccc(C3CCC3)cc2)co1. The first-order chi connectivity index (χ1) is 9.28. The van der Waals surface area contributed by atoms with Crippen molar-refractivity contribution in [2.24, 2.45) is 5.84 Å². The lowest BCUT2D eigenvalue weighted by Gasteiger charge is -2.26. The Morgan fingerprint density at radius 2 is 1.95 bits per heavy atom. The number of hydrazine groups is 1. The molecule has 0 radical (unpaired) electrons. The van der Waals surface area contributed by atoms with Gasteiger partial charge >= 0.3 is 0 Å². The molecule has 1 saturated carbocycles. The highest BCUT2D eigenvalue weighted by molar-refractivity contribution is 5.34. The molecule has 3 N–H and O–H groups in total. The zero-order valence-corrected chi connectivity index (χ0v) is 11.2. The maximum atomic E-state index is 5.69. The van der Waals surface area contributed by atoms with Crippen molar-refractivity contribution in [3.63, 3.8) is 0 Å². The minimum atomic E-state index is -0.00658. The van der Waals surface area contributed by atoms with Crippen LogP contribution in [-0.4, -0.2) is 0 Å². The average Bonchev–Trinajstić information content (AvgIpc) is 2.77. The van der Waals surface area contributed by atoms with E-state index in [1.165, 1.54) is 30.4 Å². The number of rotatable bonds is 4. The van der Waals surface area contributed by atoms with Crippen molar-refractivity contribution in [3.8, 4) is 0 Å². The lowest BCUT2D eigenvalue weighted by molar-refractivity contribution is 0.419. The molecule has 1 fully saturated rings. The van der Waals surface area contributed by atoms with E-state index in [9.17, 15) is 0 Å². The number of benzene rings is 1. The molecule has 1 unspecified atom stereocenters. The molecular weight excluding hydrogens is 236 g/mol. The second-order valence-corrected chi connectivity index (χ2v) is 5.38. The van der Waals surface area contributed by atoms with Crippen molar-refractivity contribution in [2.45, 2.75) is 38.1 Å². The summed E-state index contributed by atoms with van der Waals surface area (Å²) in [5, 5.41) is 0. The molecule has 1 aromatic heterocycles. The number of nitrogens with one attached hydrogen (secondary N) is 1. The van der Waals surface area contributed by atoms with E-state index in [-0.39, 0.29) is 6.04 Å². The van der Waals surface area contributed by atoms with Crippen LogP contribution in [0, 0.1) is 6.92 Å². The van der Waals surface area contributed by atoms with E-state index in [2.05, 4.69) is 29.7 Å². The third-order valence-electron chi connectivity index (χ3n) is 4.10. The van der Waals surface area contributed by atoms with Crippen LogP contribution >= 0.6 is 0 Å². The standard InChI is InChI=1S/C16H20N2O/c1-11-9-15(10-19-11)16(18-17)14-7-5-13(6-8-14)12-3-2-4-12/h5-10,12,16,18H,2-4,17H2,1H3. The smallest absolute Gasteiger partial charge is 0.101 e. The van der Waals surface area contributed by atoms with Gasteiger partial charge in [0.25, 0.3) is 0 Å². The number of hydrogen-bond acceptors (Lipinski definition) is 3. The van der Waals surface area contributed by atoms with E-state index in [1.54, 1.807) is 6.26 Å². The molecule has 0 aliphatic heterocycles. The van der Waals surface area contributed by atoms with Crippen LogP contribution in [-0.2, 0) is 0 Å². The molecule has 1 heterocycles. The Kier molecular flexibility index (Phi) is 3.40. The topological polar surface area (TPSA) is 51.2 Å². The zero-order chi connectivity index (χ0) is 13.2. The van der Waals surface area contributed by atoms with Crippen LogP contribution in [0.4, 0.5) is 0 Å². The third-order valence-corrected chi connectivity index (χ3v) is 4.10. The Balaban J connectivity index is 1.83. The Bertz CT molecular complexity index is 540. The highest BCUT2D eigenvalue weighted by Gasteiger charge is 2.20. The molecule has 0 saturated heterocycles. The fraction of sp³-hybridized carbons (Fsp3) is 0.375. The molecule has 19 heavy (non-hydrogen) atoms. The Labute approximate surface area is 113 Å². The fourth-order valence-corrected chi connectivity index (χ4v) is 2.70. The molecule has 0 amide bonds. The summed E-state index contributed by atoms with van der Waals surface area (Å²) in [4.78, 5) is 0. The van der Waals surface area contributed by atoms with E-state index in [0.717, 1.165) is 17.2 Å². The largest absolute Gasteiger partial charge is 0.469 e. The Morgan fingerprint density at radius 1 is 1.21 bits per heavy atom.